The third-order valence-electron chi connectivity index (χ3n) is 4.98. The minimum atomic E-state index is -5.39. The molecule has 218 valence electrons. The van der Waals surface area contributed by atoms with Crippen LogP contribution in [0.3, 0.4) is 0 Å². The van der Waals surface area contributed by atoms with Gasteiger partial charge in [0.1, 0.15) is 0 Å². The van der Waals surface area contributed by atoms with E-state index in [4.69, 9.17) is 13.6 Å². The number of hydrogen-bond donors (Lipinski definition) is 3. The molecular formula is C30H21N6O7P. The van der Waals surface area contributed by atoms with Crippen LogP contribution in [0.15, 0.2) is 127 Å². The van der Waals surface area contributed by atoms with Crippen molar-refractivity contribution in [2.24, 2.45) is 0 Å². The number of anilines is 3. The Kier molecular flexibility index (Phi) is 11.6. The molecule has 0 spiro atoms. The van der Waals surface area contributed by atoms with Crippen molar-refractivity contribution in [2.75, 3.05) is 16.0 Å². The molecule has 0 saturated carbocycles. The number of benzene rings is 3. The summed E-state index contributed by atoms with van der Waals surface area (Å²) in [5.41, 5.74) is 0.795. The highest BCUT2D eigenvalue weighted by Gasteiger charge is 2.40. The predicted octanol–water partition coefficient (Wildman–Crippen LogP) is 5.28. The Hall–Kier alpha value is -6.61. The molecule has 0 heterocycles. The monoisotopic (exact) mass is 608 g/mol. The van der Waals surface area contributed by atoms with Crippen molar-refractivity contribution < 1.29 is 32.5 Å². The number of phosphoric ester groups is 1. The number of para-hydroxylation sites is 3. The van der Waals surface area contributed by atoms with Gasteiger partial charge in [-0.15, -0.1) is 0 Å². The molecule has 0 aromatic heterocycles. The molecule has 0 bridgehead atoms. The Bertz CT molecular complexity index is 1560. The molecule has 44 heavy (non-hydrogen) atoms. The maximum Gasteiger partial charge on any atom is 0.647 e. The molecule has 0 aliphatic carbocycles. The molecule has 3 aromatic rings. The lowest BCUT2D eigenvalue weighted by Gasteiger charge is -2.21. The van der Waals surface area contributed by atoms with Crippen LogP contribution in [0, 0.1) is 34.0 Å². The van der Waals surface area contributed by atoms with Gasteiger partial charge in [0.25, 0.3) is 17.7 Å². The highest BCUT2D eigenvalue weighted by Crippen LogP contribution is 2.55. The van der Waals surface area contributed by atoms with Crippen LogP contribution in [0.1, 0.15) is 0 Å². The Morgan fingerprint density at radius 2 is 0.773 bits per heavy atom. The minimum Gasteiger partial charge on any atom is -0.379 e. The van der Waals surface area contributed by atoms with Crippen LogP contribution in [0.4, 0.5) is 17.1 Å². The summed E-state index contributed by atoms with van der Waals surface area (Å²) in [7, 11) is -5.39. The molecule has 0 fully saturated rings. The molecule has 3 aromatic carbocycles. The summed E-state index contributed by atoms with van der Waals surface area (Å²) in [5.74, 6) is -6.03. The molecule has 3 rings (SSSR count). The molecule has 0 aliphatic rings. The van der Waals surface area contributed by atoms with E-state index < -0.39 is 42.8 Å². The van der Waals surface area contributed by atoms with Gasteiger partial charge in [0.05, 0.1) is 36.4 Å². The van der Waals surface area contributed by atoms with Gasteiger partial charge in [-0.25, -0.2) is 0 Å². The fourth-order valence-corrected chi connectivity index (χ4v) is 4.38. The molecule has 0 saturated heterocycles. The standard InChI is InChI=1S/C30H21N6O7P/c31-19-16-25(28(37)34-22-10-4-1-5-11-22)41-44(40,42-26(17-20-32)29(38)35-23-12-6-2-7-13-23)43-27(18-21-33)30(39)36-24-14-8-3-9-15-24/h1-18H,(H,34,37)(H,35,38)(H,36,39)/b25-16+,26-17+,27-18+. The zero-order valence-electron chi connectivity index (χ0n) is 22.5. The van der Waals surface area contributed by atoms with Crippen molar-refractivity contribution in [2.45, 2.75) is 0 Å². The van der Waals surface area contributed by atoms with Gasteiger partial charge in [0.15, 0.2) is 0 Å². The van der Waals surface area contributed by atoms with E-state index in [1.165, 1.54) is 36.4 Å². The number of phosphoric acid groups is 1. The Balaban J connectivity index is 2.00. The minimum absolute atomic E-state index is 0.265. The summed E-state index contributed by atoms with van der Waals surface area (Å²) < 4.78 is 29.8. The maximum atomic E-state index is 14.1. The number of nitriles is 3. The molecular weight excluding hydrogens is 587 g/mol. The van der Waals surface area contributed by atoms with Crippen molar-refractivity contribution >= 4 is 42.6 Å². The molecule has 13 nitrogen and oxygen atoms in total. The van der Waals surface area contributed by atoms with Crippen molar-refractivity contribution in [1.29, 1.82) is 15.8 Å². The van der Waals surface area contributed by atoms with Crippen LogP contribution in [0.25, 0.3) is 0 Å². The van der Waals surface area contributed by atoms with E-state index in [2.05, 4.69) is 16.0 Å². The van der Waals surface area contributed by atoms with E-state index in [1.807, 2.05) is 0 Å². The number of carbonyl (C=O) groups is 3. The van der Waals surface area contributed by atoms with Gasteiger partial charge in [-0.2, -0.15) is 20.4 Å². The third-order valence-corrected chi connectivity index (χ3v) is 6.24. The average Bonchev–Trinajstić information content (AvgIpc) is 3.02. The van der Waals surface area contributed by atoms with Crippen LogP contribution in [0.2, 0.25) is 0 Å². The Labute approximate surface area is 251 Å². The number of carbonyl (C=O) groups excluding carboxylic acids is 3. The van der Waals surface area contributed by atoms with Crippen LogP contribution in [-0.2, 0) is 32.5 Å². The smallest absolute Gasteiger partial charge is 0.379 e. The third kappa shape index (κ3) is 9.79. The van der Waals surface area contributed by atoms with Crippen LogP contribution in [0.5, 0.6) is 0 Å². The van der Waals surface area contributed by atoms with E-state index in [1.54, 1.807) is 72.8 Å². The van der Waals surface area contributed by atoms with Gasteiger partial charge in [-0.05, 0) is 36.4 Å². The second-order valence-electron chi connectivity index (χ2n) is 8.09. The average molecular weight is 609 g/mol. The fourth-order valence-electron chi connectivity index (χ4n) is 3.14. The number of amides is 3. The van der Waals surface area contributed by atoms with Crippen molar-refractivity contribution in [3.05, 3.63) is 127 Å². The highest BCUT2D eigenvalue weighted by atomic mass is 31.2. The largest absolute Gasteiger partial charge is 0.647 e. The number of nitrogens with one attached hydrogen (secondary N) is 3. The topological polar surface area (TPSA) is 203 Å². The summed E-state index contributed by atoms with van der Waals surface area (Å²) >= 11 is 0. The van der Waals surface area contributed by atoms with Gasteiger partial charge in [-0.3, -0.25) is 14.4 Å². The Morgan fingerprint density at radius 3 is 1.00 bits per heavy atom. The number of hydrogen-bond acceptors (Lipinski definition) is 10. The molecule has 0 atom stereocenters. The number of allylic oxidation sites excluding steroid dienone is 3. The van der Waals surface area contributed by atoms with E-state index >= 15 is 0 Å². The first kappa shape index (κ1) is 31.9. The highest BCUT2D eigenvalue weighted by molar-refractivity contribution is 7.49. The maximum absolute atomic E-state index is 14.1. The van der Waals surface area contributed by atoms with Gasteiger partial charge in [0, 0.05) is 17.1 Å². The zero-order chi connectivity index (χ0) is 31.8. The van der Waals surface area contributed by atoms with E-state index in [9.17, 15) is 34.7 Å². The van der Waals surface area contributed by atoms with Gasteiger partial charge < -0.3 is 29.5 Å². The molecule has 14 heteroatoms. The summed E-state index contributed by atoms with van der Waals surface area (Å²) in [6.07, 6.45) is 1.69. The number of nitrogens with zero attached hydrogens (tertiary/aromatic N) is 3. The summed E-state index contributed by atoms with van der Waals surface area (Å²) in [5, 5.41) is 35.1. The summed E-state index contributed by atoms with van der Waals surface area (Å²) in [6, 6.07) is 28.4. The lowest BCUT2D eigenvalue weighted by molar-refractivity contribution is -0.115. The van der Waals surface area contributed by atoms with Gasteiger partial charge in [-0.1, -0.05) is 54.6 Å². The summed E-state index contributed by atoms with van der Waals surface area (Å²) in [6.45, 7) is 0. The molecule has 0 unspecified atom stereocenters. The van der Waals surface area contributed by atoms with Crippen LogP contribution < -0.4 is 16.0 Å². The first-order valence-electron chi connectivity index (χ1n) is 12.3. The van der Waals surface area contributed by atoms with E-state index in [-0.39, 0.29) is 17.1 Å². The van der Waals surface area contributed by atoms with Gasteiger partial charge in [0.2, 0.25) is 17.3 Å². The molecule has 0 radical (unpaired) electrons. The molecule has 3 N–H and O–H groups in total. The first-order chi connectivity index (χ1) is 21.3. The van der Waals surface area contributed by atoms with E-state index in [0.29, 0.717) is 18.2 Å². The predicted molar refractivity (Wildman–Crippen MR) is 157 cm³/mol. The Morgan fingerprint density at radius 1 is 0.523 bits per heavy atom. The van der Waals surface area contributed by atoms with Crippen molar-refractivity contribution in [1.82, 2.24) is 0 Å². The lowest BCUT2D eigenvalue weighted by Crippen LogP contribution is -2.21. The van der Waals surface area contributed by atoms with Gasteiger partial charge >= 0.3 is 7.82 Å². The summed E-state index contributed by atoms with van der Waals surface area (Å²) in [4.78, 5) is 38.9. The normalized spacial score (nSPS) is 11.4. The quantitative estimate of drug-likeness (QED) is 0.105. The number of rotatable bonds is 12. The SMILES string of the molecule is N#C/C=C(/OP(=O)(O/C(=C/C#N)C(=O)Nc1ccccc1)O/C(=C/C#N)C(=O)Nc1ccccc1)C(=O)Nc1ccccc1. The van der Waals surface area contributed by atoms with Crippen LogP contribution in [-0.4, -0.2) is 17.7 Å². The fraction of sp³-hybridized carbons (Fsp3) is 0. The van der Waals surface area contributed by atoms with Crippen molar-refractivity contribution in [3.8, 4) is 18.2 Å². The second kappa shape index (κ2) is 16.0. The van der Waals surface area contributed by atoms with E-state index in [0.717, 1.165) is 0 Å². The molecule has 0 aliphatic heterocycles. The second-order valence-corrected chi connectivity index (χ2v) is 9.54. The van der Waals surface area contributed by atoms with Crippen molar-refractivity contribution in [3.63, 3.8) is 0 Å². The van der Waals surface area contributed by atoms with Crippen LogP contribution >= 0.6 is 7.82 Å². The molecule has 3 amide bonds. The lowest BCUT2D eigenvalue weighted by atomic mass is 10.3. The zero-order valence-corrected chi connectivity index (χ0v) is 23.4. The first-order valence-corrected chi connectivity index (χ1v) is 13.8.